The Labute approximate surface area is 213 Å². The summed E-state index contributed by atoms with van der Waals surface area (Å²) < 4.78 is 9.74. The van der Waals surface area contributed by atoms with E-state index in [9.17, 15) is 0 Å². The van der Waals surface area contributed by atoms with Crippen molar-refractivity contribution in [3.05, 3.63) is 71.1 Å². The van der Waals surface area contributed by atoms with Crippen LogP contribution in [-0.2, 0) is 11.8 Å². The first-order valence-corrected chi connectivity index (χ1v) is 13.4. The third kappa shape index (κ3) is 4.35. The fourth-order valence-corrected chi connectivity index (χ4v) is 6.45. The van der Waals surface area contributed by atoms with Gasteiger partial charge in [-0.3, -0.25) is 9.67 Å². The molecule has 2 aliphatic heterocycles. The standard InChI is InChI=1S/C26H27ClN6OS/c1-32-26-23(24(31-32)21-6-2-4-10-28-21)25(35-13-11-29-26)19-9-8-17(14-20(19)27)18-15-30-33(16-18)22-7-3-5-12-34-22/h2,4,6,8-10,14-16,22,25,29H,3,5,7,11-13H2,1H3. The summed E-state index contributed by atoms with van der Waals surface area (Å²) in [5.74, 6) is 1.99. The van der Waals surface area contributed by atoms with E-state index in [1.165, 1.54) is 6.42 Å². The molecule has 1 saturated heterocycles. The molecule has 0 spiro atoms. The van der Waals surface area contributed by atoms with Crippen LogP contribution in [0.4, 0.5) is 5.82 Å². The van der Waals surface area contributed by atoms with Crippen LogP contribution in [0.5, 0.6) is 0 Å². The summed E-state index contributed by atoms with van der Waals surface area (Å²) in [6.07, 6.45) is 9.08. The number of aromatic nitrogens is 5. The van der Waals surface area contributed by atoms with Crippen molar-refractivity contribution in [2.45, 2.75) is 30.7 Å². The molecule has 0 radical (unpaired) electrons. The number of hydrogen-bond acceptors (Lipinski definition) is 6. The second-order valence-electron chi connectivity index (χ2n) is 8.89. The highest BCUT2D eigenvalue weighted by molar-refractivity contribution is 7.99. The summed E-state index contributed by atoms with van der Waals surface area (Å²) in [5, 5.41) is 13.7. The summed E-state index contributed by atoms with van der Waals surface area (Å²) in [4.78, 5) is 4.58. The van der Waals surface area contributed by atoms with Gasteiger partial charge in [-0.25, -0.2) is 4.68 Å². The molecule has 0 saturated carbocycles. The van der Waals surface area contributed by atoms with Gasteiger partial charge in [-0.2, -0.15) is 10.2 Å². The van der Waals surface area contributed by atoms with E-state index < -0.39 is 0 Å². The zero-order valence-corrected chi connectivity index (χ0v) is 21.1. The molecular formula is C26H27ClN6OS. The maximum absolute atomic E-state index is 6.96. The van der Waals surface area contributed by atoms with Crippen molar-refractivity contribution in [2.24, 2.45) is 7.05 Å². The van der Waals surface area contributed by atoms with Gasteiger partial charge in [0.2, 0.25) is 0 Å². The minimum Gasteiger partial charge on any atom is -0.369 e. The van der Waals surface area contributed by atoms with Gasteiger partial charge >= 0.3 is 0 Å². The number of rotatable bonds is 4. The smallest absolute Gasteiger partial charge is 0.150 e. The van der Waals surface area contributed by atoms with Gasteiger partial charge in [-0.15, -0.1) is 11.8 Å². The van der Waals surface area contributed by atoms with Crippen LogP contribution in [-0.4, -0.2) is 43.4 Å². The van der Waals surface area contributed by atoms with Crippen molar-refractivity contribution < 1.29 is 4.74 Å². The summed E-state index contributed by atoms with van der Waals surface area (Å²) >= 11 is 8.84. The third-order valence-electron chi connectivity index (χ3n) is 6.60. The quantitative estimate of drug-likeness (QED) is 0.369. The monoisotopic (exact) mass is 506 g/mol. The summed E-state index contributed by atoms with van der Waals surface area (Å²) in [6.45, 7) is 1.67. The Balaban J connectivity index is 1.36. The van der Waals surface area contributed by atoms with Crippen LogP contribution >= 0.6 is 23.4 Å². The summed E-state index contributed by atoms with van der Waals surface area (Å²) in [5.41, 5.74) is 6.06. The van der Waals surface area contributed by atoms with E-state index >= 15 is 0 Å². The minimum absolute atomic E-state index is 0.0242. The van der Waals surface area contributed by atoms with Crippen molar-refractivity contribution in [3.8, 4) is 22.5 Å². The van der Waals surface area contributed by atoms with Crippen LogP contribution in [0.25, 0.3) is 22.5 Å². The van der Waals surface area contributed by atoms with Crippen LogP contribution in [0.2, 0.25) is 5.02 Å². The fraction of sp³-hybridized carbons (Fsp3) is 0.346. The van der Waals surface area contributed by atoms with Crippen LogP contribution in [0.15, 0.2) is 55.0 Å². The predicted octanol–water partition coefficient (Wildman–Crippen LogP) is 5.95. The van der Waals surface area contributed by atoms with Gasteiger partial charge in [0.15, 0.2) is 0 Å². The highest BCUT2D eigenvalue weighted by Gasteiger charge is 2.31. The number of thioether (sulfide) groups is 1. The zero-order chi connectivity index (χ0) is 23.8. The second kappa shape index (κ2) is 9.68. The van der Waals surface area contributed by atoms with Gasteiger partial charge < -0.3 is 10.1 Å². The number of nitrogens with zero attached hydrogens (tertiary/aromatic N) is 5. The number of aryl methyl sites for hydroxylation is 1. The molecule has 180 valence electrons. The molecule has 7 nitrogen and oxygen atoms in total. The van der Waals surface area contributed by atoms with Gasteiger partial charge in [0.25, 0.3) is 0 Å². The average Bonchev–Trinajstić information content (AvgIpc) is 3.44. The molecule has 1 aromatic carbocycles. The molecule has 2 unspecified atom stereocenters. The molecule has 0 amide bonds. The molecule has 2 atom stereocenters. The van der Waals surface area contributed by atoms with Gasteiger partial charge in [0.1, 0.15) is 17.7 Å². The normalized spacial score (nSPS) is 20.2. The fourth-order valence-electron chi connectivity index (χ4n) is 4.86. The highest BCUT2D eigenvalue weighted by Crippen LogP contribution is 2.47. The number of halogens is 1. The number of anilines is 1. The first-order chi connectivity index (χ1) is 17.2. The maximum Gasteiger partial charge on any atom is 0.150 e. The highest BCUT2D eigenvalue weighted by atomic mass is 35.5. The maximum atomic E-state index is 6.96. The lowest BCUT2D eigenvalue weighted by molar-refractivity contribution is -0.0394. The Hall–Kier alpha value is -2.81. The Morgan fingerprint density at radius 1 is 1.17 bits per heavy atom. The minimum atomic E-state index is 0.0242. The summed E-state index contributed by atoms with van der Waals surface area (Å²) in [7, 11) is 1.98. The molecule has 1 fully saturated rings. The SMILES string of the molecule is Cn1nc(-c2ccccn2)c2c1NCCSC2c1ccc(-c2cnn(C3CCCCO3)c2)cc1Cl. The molecule has 3 aromatic heterocycles. The first-order valence-electron chi connectivity index (χ1n) is 12.0. The Bertz CT molecular complexity index is 1330. The van der Waals surface area contributed by atoms with E-state index in [2.05, 4.69) is 39.8 Å². The van der Waals surface area contributed by atoms with Crippen LogP contribution in [0.3, 0.4) is 0 Å². The molecule has 0 bridgehead atoms. The molecule has 2 aliphatic rings. The van der Waals surface area contributed by atoms with Gasteiger partial charge in [-0.05, 0) is 48.6 Å². The Morgan fingerprint density at radius 2 is 2.11 bits per heavy atom. The van der Waals surface area contributed by atoms with Crippen molar-refractivity contribution in [3.63, 3.8) is 0 Å². The molecule has 6 rings (SSSR count). The first kappa shape index (κ1) is 22.6. The van der Waals surface area contributed by atoms with Crippen molar-refractivity contribution >= 4 is 29.2 Å². The van der Waals surface area contributed by atoms with Crippen LogP contribution < -0.4 is 5.32 Å². The Morgan fingerprint density at radius 3 is 2.91 bits per heavy atom. The predicted molar refractivity (Wildman–Crippen MR) is 141 cm³/mol. The van der Waals surface area contributed by atoms with E-state index in [0.29, 0.717) is 0 Å². The molecular weight excluding hydrogens is 480 g/mol. The Kier molecular flexibility index (Phi) is 6.26. The van der Waals surface area contributed by atoms with Crippen LogP contribution in [0, 0.1) is 0 Å². The summed E-state index contributed by atoms with van der Waals surface area (Å²) in [6, 6.07) is 12.3. The van der Waals surface area contributed by atoms with E-state index in [0.717, 1.165) is 76.2 Å². The second-order valence-corrected chi connectivity index (χ2v) is 10.5. The van der Waals surface area contributed by atoms with Crippen molar-refractivity contribution in [1.29, 1.82) is 0 Å². The number of ether oxygens (including phenoxy) is 1. The molecule has 35 heavy (non-hydrogen) atoms. The topological polar surface area (TPSA) is 69.8 Å². The number of hydrogen-bond donors (Lipinski definition) is 1. The van der Waals surface area contributed by atoms with E-state index in [-0.39, 0.29) is 11.5 Å². The van der Waals surface area contributed by atoms with Gasteiger partial charge in [-0.1, -0.05) is 29.8 Å². The molecule has 5 heterocycles. The molecule has 1 N–H and O–H groups in total. The third-order valence-corrected chi connectivity index (χ3v) is 8.19. The van der Waals surface area contributed by atoms with Crippen molar-refractivity contribution in [2.75, 3.05) is 24.2 Å². The van der Waals surface area contributed by atoms with E-state index in [1.54, 1.807) is 0 Å². The molecule has 0 aliphatic carbocycles. The zero-order valence-electron chi connectivity index (χ0n) is 19.5. The lowest BCUT2D eigenvalue weighted by atomic mass is 9.99. The number of nitrogens with one attached hydrogen (secondary N) is 1. The largest absolute Gasteiger partial charge is 0.369 e. The number of fused-ring (bicyclic) bond motifs is 1. The number of benzene rings is 1. The van der Waals surface area contributed by atoms with Crippen LogP contribution in [0.1, 0.15) is 41.9 Å². The lowest BCUT2D eigenvalue weighted by Crippen LogP contribution is -2.18. The van der Waals surface area contributed by atoms with Crippen molar-refractivity contribution in [1.82, 2.24) is 24.5 Å². The van der Waals surface area contributed by atoms with Gasteiger partial charge in [0, 0.05) is 54.5 Å². The molecule has 9 heteroatoms. The van der Waals surface area contributed by atoms with Gasteiger partial charge in [0.05, 0.1) is 17.1 Å². The van der Waals surface area contributed by atoms with E-state index in [4.69, 9.17) is 21.4 Å². The lowest BCUT2D eigenvalue weighted by Gasteiger charge is -2.22. The number of pyridine rings is 1. The van der Waals surface area contributed by atoms with E-state index in [1.807, 2.05) is 58.8 Å². The average molecular weight is 507 g/mol. The molecule has 4 aromatic rings.